The van der Waals surface area contributed by atoms with E-state index in [0.29, 0.717) is 0 Å². The Balaban J connectivity index is -0.000000102. The number of aromatic carboxylic acids is 1. The maximum absolute atomic E-state index is 10.1. The van der Waals surface area contributed by atoms with Crippen molar-refractivity contribution in [2.24, 2.45) is 0 Å². The van der Waals surface area contributed by atoms with Gasteiger partial charge < -0.3 is 35.7 Å². The number of aliphatic hydroxyl groups excluding tert-OH is 5. The Morgan fingerprint density at radius 2 is 1.50 bits per heavy atom. The summed E-state index contributed by atoms with van der Waals surface area (Å²) in [6.07, 6.45) is -6.39. The van der Waals surface area contributed by atoms with Crippen molar-refractivity contribution < 1.29 is 97.1 Å². The number of hydrogen-bond acceptors (Lipinski definition) is 8. The Bertz CT molecular complexity index is 489. The molecule has 0 fully saturated rings. The van der Waals surface area contributed by atoms with Crippen LogP contribution in [-0.2, 0) is 56.6 Å². The monoisotopic (exact) mass is 514 g/mol. The number of aliphatic hydroxyl groups is 5. The Kier molecular flexibility index (Phi) is 27.5. The zero-order valence-electron chi connectivity index (χ0n) is 12.8. The minimum atomic E-state index is -2.20. The summed E-state index contributed by atoms with van der Waals surface area (Å²) in [7, 11) is 0. The van der Waals surface area contributed by atoms with Gasteiger partial charge >= 0.3 is 11.9 Å². The number of carboxylic acids is 2. The number of carbonyl (C=O) groups is 2. The van der Waals surface area contributed by atoms with Gasteiger partial charge in [0.05, 0.1) is 6.61 Å². The largest absolute Gasteiger partial charge is 0.479 e. The number of carboxylic acid groups (broad SMARTS) is 2. The molecular weight excluding hydrogens is 497 g/mol. The Morgan fingerprint density at radius 3 is 1.77 bits per heavy atom. The number of pyridine rings is 1. The van der Waals surface area contributed by atoms with Crippen LogP contribution in [-0.4, -0.2) is 83.7 Å². The van der Waals surface area contributed by atoms with Crippen LogP contribution in [0.4, 0.5) is 0 Å². The van der Waals surface area contributed by atoms with E-state index in [9.17, 15) is 9.59 Å². The molecule has 4 atom stereocenters. The van der Waals surface area contributed by atoms with Gasteiger partial charge in [-0.05, 0) is 12.1 Å². The summed E-state index contributed by atoms with van der Waals surface area (Å²) in [4.78, 5) is 23.8. The van der Waals surface area contributed by atoms with Crippen molar-refractivity contribution >= 4 is 24.3 Å². The third-order valence-corrected chi connectivity index (χ3v) is 2.39. The smallest absolute Gasteiger partial charge is 0.354 e. The first kappa shape index (κ1) is 36.6. The summed E-state index contributed by atoms with van der Waals surface area (Å²) in [5, 5.41) is 60.1. The van der Waals surface area contributed by atoms with E-state index in [1.54, 1.807) is 12.1 Å². The topological polar surface area (TPSA) is 189 Å². The van der Waals surface area contributed by atoms with Crippen molar-refractivity contribution in [3.8, 4) is 0 Å². The summed E-state index contributed by atoms with van der Waals surface area (Å²) in [5.74, 6) is -2.72. The van der Waals surface area contributed by atoms with E-state index in [1.165, 1.54) is 12.3 Å². The van der Waals surface area contributed by atoms with E-state index in [2.05, 4.69) is 4.98 Å². The van der Waals surface area contributed by atoms with Gasteiger partial charge in [-0.3, -0.25) is 0 Å². The molecule has 0 bridgehead atoms. The predicted molar refractivity (Wildman–Crippen MR) is 77.2 cm³/mol. The van der Waals surface area contributed by atoms with Crippen LogP contribution in [0.5, 0.6) is 0 Å². The van der Waals surface area contributed by atoms with E-state index >= 15 is 0 Å². The van der Waals surface area contributed by atoms with Crippen LogP contribution in [0.1, 0.15) is 10.5 Å². The van der Waals surface area contributed by atoms with Crippen LogP contribution in [0.2, 0.25) is 0 Å². The second-order valence-corrected chi connectivity index (χ2v) is 4.03. The van der Waals surface area contributed by atoms with Crippen LogP contribution in [0, 0.1) is 0 Å². The van der Waals surface area contributed by atoms with Gasteiger partial charge in [-0.2, -0.15) is 0 Å². The summed E-state index contributed by atoms with van der Waals surface area (Å²) in [6, 6.07) is 4.76. The normalized spacial score (nSPS) is 13.3. The average Bonchev–Trinajstić information content (AvgIpc) is 2.53. The molecule has 26 heavy (non-hydrogen) atoms. The van der Waals surface area contributed by atoms with E-state index in [-0.39, 0.29) is 69.9 Å². The quantitative estimate of drug-likeness (QED) is 0.203. The molecule has 4 unspecified atom stereocenters. The average molecular weight is 515 g/mol. The minimum Gasteiger partial charge on any atom is -0.479 e. The van der Waals surface area contributed by atoms with Crippen LogP contribution in [0.3, 0.4) is 0 Å². The van der Waals surface area contributed by atoms with Gasteiger partial charge in [0.2, 0.25) is 0 Å². The molecule has 14 heteroatoms. The number of aromatic nitrogens is 1. The molecule has 1 rings (SSSR count). The summed E-state index contributed by atoms with van der Waals surface area (Å²) >= 11 is 0. The van der Waals surface area contributed by atoms with Gasteiger partial charge in [0.1, 0.15) is 24.0 Å². The molecule has 0 saturated carbocycles. The molecule has 0 spiro atoms. The van der Waals surface area contributed by atoms with Gasteiger partial charge in [-0.1, -0.05) is 6.07 Å². The first-order valence-corrected chi connectivity index (χ1v) is 5.92. The fourth-order valence-electron chi connectivity index (χ4n) is 1.16. The summed E-state index contributed by atoms with van der Waals surface area (Å²) < 4.78 is 0. The van der Waals surface area contributed by atoms with Gasteiger partial charge in [-0.25, -0.2) is 14.6 Å². The molecule has 0 aliphatic heterocycles. The van der Waals surface area contributed by atoms with E-state index in [4.69, 9.17) is 35.7 Å². The molecule has 10 nitrogen and oxygen atoms in total. The number of rotatable bonds is 6. The summed E-state index contributed by atoms with van der Waals surface area (Å²) in [5.41, 5.74) is 0.0810. The van der Waals surface area contributed by atoms with Crippen molar-refractivity contribution in [2.75, 3.05) is 6.61 Å². The van der Waals surface area contributed by atoms with Crippen LogP contribution < -0.4 is 0 Å². The zero-order valence-corrected chi connectivity index (χ0v) is 17.4. The van der Waals surface area contributed by atoms with Crippen LogP contribution >= 0.6 is 12.4 Å². The number of hydrogen-bond donors (Lipinski definition) is 7. The van der Waals surface area contributed by atoms with Crippen molar-refractivity contribution in [1.29, 1.82) is 0 Å². The van der Waals surface area contributed by atoms with E-state index in [0.717, 1.165) is 0 Å². The van der Waals surface area contributed by atoms with E-state index in [1.807, 2.05) is 0 Å². The van der Waals surface area contributed by atoms with Gasteiger partial charge in [0.15, 0.2) is 6.10 Å². The molecule has 1 heterocycles. The maximum Gasteiger partial charge on any atom is 0.354 e. The molecule has 0 aliphatic carbocycles. The zero-order chi connectivity index (χ0) is 17.3. The van der Waals surface area contributed by atoms with Gasteiger partial charge in [0, 0.05) is 58.0 Å². The van der Waals surface area contributed by atoms with Gasteiger partial charge in [-0.15, -0.1) is 12.4 Å². The van der Waals surface area contributed by atoms with Crippen molar-refractivity contribution in [3.05, 3.63) is 30.1 Å². The molecule has 1 aromatic rings. The molecule has 1 aromatic heterocycles. The first-order valence-electron chi connectivity index (χ1n) is 5.92. The summed E-state index contributed by atoms with van der Waals surface area (Å²) in [6.45, 7) is -0.843. The second-order valence-electron chi connectivity index (χ2n) is 4.03. The third-order valence-electron chi connectivity index (χ3n) is 2.39. The molecular formula is C12H18ClCr2MnNO9. The minimum absolute atomic E-state index is 0. The second kappa shape index (κ2) is 19.5. The molecule has 0 aromatic carbocycles. The predicted octanol–water partition coefficient (Wildman–Crippen LogP) is -2.30. The molecule has 151 valence electrons. The van der Waals surface area contributed by atoms with Crippen LogP contribution in [0.25, 0.3) is 0 Å². The Morgan fingerprint density at radius 1 is 1.00 bits per heavy atom. The van der Waals surface area contributed by atoms with Crippen molar-refractivity contribution in [2.45, 2.75) is 24.4 Å². The first-order chi connectivity index (χ1) is 10.2. The van der Waals surface area contributed by atoms with Crippen molar-refractivity contribution in [3.63, 3.8) is 0 Å². The molecule has 0 saturated heterocycles. The Labute approximate surface area is 187 Å². The van der Waals surface area contributed by atoms with E-state index < -0.39 is 43.0 Å². The van der Waals surface area contributed by atoms with Crippen LogP contribution in [0.15, 0.2) is 24.4 Å². The molecule has 0 amide bonds. The fraction of sp³-hybridized carbons (Fsp3) is 0.417. The standard InChI is InChI=1S/C6H5NO2.C6H12O7.ClH.2Cr.Mn/c8-6(9)5-3-1-2-4-7-5;7-1-2(8)3(9)4(10)5(11)6(12)13;;;;/h1-4H,(H,8,9);2-5,7-11H,1H2,(H,12,13);1H;;;. The fourth-order valence-corrected chi connectivity index (χ4v) is 1.16. The number of nitrogens with zero attached hydrogens (tertiary/aromatic N) is 1. The maximum atomic E-state index is 10.1. The van der Waals surface area contributed by atoms with Crippen molar-refractivity contribution in [1.82, 2.24) is 4.98 Å². The molecule has 7 N–H and O–H groups in total. The third kappa shape index (κ3) is 13.9. The molecule has 1 radical (unpaired) electrons. The Hall–Kier alpha value is -0.236. The SMILES string of the molecule is Cl.O=C(O)C(O)C(O)C(O)C(O)CO.O=C(O)c1ccccn1.[Cr].[Cr].[Mn]. The molecule has 0 aliphatic rings. The number of aliphatic carboxylic acids is 1. The van der Waals surface area contributed by atoms with Gasteiger partial charge in [0.25, 0.3) is 0 Å². The number of halogens is 1.